The molecule has 14 heavy (non-hydrogen) atoms. The van der Waals surface area contributed by atoms with E-state index < -0.39 is 14.7 Å². The number of halogens is 1. The number of methoxy groups -OCH3 is 1. The molecule has 4 nitrogen and oxygen atoms in total. The van der Waals surface area contributed by atoms with E-state index >= 15 is 0 Å². The van der Waals surface area contributed by atoms with Crippen LogP contribution < -0.4 is 0 Å². The summed E-state index contributed by atoms with van der Waals surface area (Å²) in [5.41, 5.74) is -0.576. The molecule has 1 rings (SSSR count). The van der Waals surface area contributed by atoms with Gasteiger partial charge in [0.05, 0.1) is 11.4 Å². The van der Waals surface area contributed by atoms with Gasteiger partial charge in [-0.1, -0.05) is 0 Å². The first kappa shape index (κ1) is 12.2. The van der Waals surface area contributed by atoms with Gasteiger partial charge >= 0.3 is 0 Å². The largest absolute Gasteiger partial charge is 0.377 e. The standard InChI is InChI=1S/C8H16ClNO3S/c1-10-5-3-8(13-2,4-6-10)7-14(9,11)12/h3-7H2,1-2H3. The van der Waals surface area contributed by atoms with Gasteiger partial charge in [0, 0.05) is 30.9 Å². The Morgan fingerprint density at radius 3 is 2.29 bits per heavy atom. The third-order valence-corrected chi connectivity index (χ3v) is 3.96. The fourth-order valence-corrected chi connectivity index (χ4v) is 3.38. The van der Waals surface area contributed by atoms with Crippen molar-refractivity contribution in [2.75, 3.05) is 33.0 Å². The number of likely N-dealkylation sites (tertiary alicyclic amines) is 1. The second-order valence-corrected chi connectivity index (χ2v) is 6.65. The lowest BCUT2D eigenvalue weighted by Crippen LogP contribution is -2.47. The molecular weight excluding hydrogens is 226 g/mol. The van der Waals surface area contributed by atoms with Gasteiger partial charge in [-0.25, -0.2) is 8.42 Å². The molecule has 1 saturated heterocycles. The molecule has 6 heteroatoms. The maximum atomic E-state index is 11.0. The molecule has 0 aromatic rings. The molecule has 0 atom stereocenters. The fraction of sp³-hybridized carbons (Fsp3) is 1.00. The molecule has 0 aliphatic carbocycles. The SMILES string of the molecule is COC1(CS(=O)(=O)Cl)CCN(C)CC1. The molecule has 1 fully saturated rings. The van der Waals surface area contributed by atoms with Crippen LogP contribution in [0, 0.1) is 0 Å². The Hall–Kier alpha value is 0.160. The van der Waals surface area contributed by atoms with Crippen LogP contribution >= 0.6 is 10.7 Å². The fourth-order valence-electron chi connectivity index (χ4n) is 1.75. The summed E-state index contributed by atoms with van der Waals surface area (Å²) in [6, 6.07) is 0. The third kappa shape index (κ3) is 3.38. The van der Waals surface area contributed by atoms with Crippen molar-refractivity contribution < 1.29 is 13.2 Å². The summed E-state index contributed by atoms with van der Waals surface area (Å²) in [5, 5.41) is 0. The Balaban J connectivity index is 2.68. The van der Waals surface area contributed by atoms with E-state index in [2.05, 4.69) is 4.90 Å². The van der Waals surface area contributed by atoms with Crippen LogP contribution in [0.1, 0.15) is 12.8 Å². The zero-order chi connectivity index (χ0) is 10.8. The second-order valence-electron chi connectivity index (χ2n) is 3.87. The predicted molar refractivity (Wildman–Crippen MR) is 56.1 cm³/mol. The highest BCUT2D eigenvalue weighted by molar-refractivity contribution is 8.13. The average Bonchev–Trinajstić information content (AvgIpc) is 2.07. The van der Waals surface area contributed by atoms with Gasteiger partial charge in [0.15, 0.2) is 0 Å². The lowest BCUT2D eigenvalue weighted by molar-refractivity contribution is -0.0352. The molecule has 0 amide bonds. The number of rotatable bonds is 3. The second kappa shape index (κ2) is 4.35. The van der Waals surface area contributed by atoms with Crippen molar-refractivity contribution in [1.82, 2.24) is 4.90 Å². The van der Waals surface area contributed by atoms with E-state index in [0.717, 1.165) is 13.1 Å². The quantitative estimate of drug-likeness (QED) is 0.682. The van der Waals surface area contributed by atoms with Crippen LogP contribution in [0.5, 0.6) is 0 Å². The van der Waals surface area contributed by atoms with Gasteiger partial charge in [-0.05, 0) is 19.9 Å². The van der Waals surface area contributed by atoms with Crippen molar-refractivity contribution in [2.24, 2.45) is 0 Å². The zero-order valence-corrected chi connectivity index (χ0v) is 10.1. The number of hydrogen-bond donors (Lipinski definition) is 0. The van der Waals surface area contributed by atoms with Crippen molar-refractivity contribution in [2.45, 2.75) is 18.4 Å². The van der Waals surface area contributed by atoms with E-state index in [0.29, 0.717) is 12.8 Å². The molecule has 0 radical (unpaired) electrons. The molecule has 1 aliphatic rings. The smallest absolute Gasteiger partial charge is 0.235 e. The van der Waals surface area contributed by atoms with Gasteiger partial charge in [-0.15, -0.1) is 0 Å². The van der Waals surface area contributed by atoms with E-state index in [1.165, 1.54) is 0 Å². The lowest BCUT2D eigenvalue weighted by Gasteiger charge is -2.38. The number of ether oxygens (including phenoxy) is 1. The maximum absolute atomic E-state index is 11.0. The highest BCUT2D eigenvalue weighted by Crippen LogP contribution is 2.27. The van der Waals surface area contributed by atoms with Gasteiger partial charge < -0.3 is 9.64 Å². The minimum absolute atomic E-state index is 0.0914. The van der Waals surface area contributed by atoms with Crippen LogP contribution in [0.4, 0.5) is 0 Å². The molecule has 0 saturated carbocycles. The molecular formula is C8H16ClNO3S. The number of piperidine rings is 1. The topological polar surface area (TPSA) is 46.6 Å². The minimum Gasteiger partial charge on any atom is -0.377 e. The molecule has 1 aliphatic heterocycles. The van der Waals surface area contributed by atoms with Crippen LogP contribution in [-0.2, 0) is 13.8 Å². The van der Waals surface area contributed by atoms with Gasteiger partial charge in [-0.3, -0.25) is 0 Å². The van der Waals surface area contributed by atoms with Gasteiger partial charge in [0.25, 0.3) is 0 Å². The molecule has 84 valence electrons. The van der Waals surface area contributed by atoms with Gasteiger partial charge in [-0.2, -0.15) is 0 Å². The lowest BCUT2D eigenvalue weighted by atomic mass is 9.93. The summed E-state index contributed by atoms with van der Waals surface area (Å²) < 4.78 is 27.3. The third-order valence-electron chi connectivity index (χ3n) is 2.77. The summed E-state index contributed by atoms with van der Waals surface area (Å²) in [4.78, 5) is 2.15. The number of hydrogen-bond acceptors (Lipinski definition) is 4. The molecule has 0 aromatic carbocycles. The summed E-state index contributed by atoms with van der Waals surface area (Å²) in [6.45, 7) is 1.69. The van der Waals surface area contributed by atoms with E-state index in [9.17, 15) is 8.42 Å². The highest BCUT2D eigenvalue weighted by atomic mass is 35.7. The first-order valence-electron chi connectivity index (χ1n) is 4.53. The van der Waals surface area contributed by atoms with Crippen molar-refractivity contribution in [1.29, 1.82) is 0 Å². The Bertz CT molecular complexity index is 283. The summed E-state index contributed by atoms with van der Waals surface area (Å²) >= 11 is 0. The zero-order valence-electron chi connectivity index (χ0n) is 8.49. The Labute approximate surface area is 89.6 Å². The van der Waals surface area contributed by atoms with E-state index in [1.807, 2.05) is 7.05 Å². The first-order valence-corrected chi connectivity index (χ1v) is 7.01. The summed E-state index contributed by atoms with van der Waals surface area (Å²) in [6.07, 6.45) is 1.43. The number of nitrogens with zero attached hydrogens (tertiary/aromatic N) is 1. The van der Waals surface area contributed by atoms with Crippen molar-refractivity contribution >= 4 is 19.7 Å². The van der Waals surface area contributed by atoms with Gasteiger partial charge in [0.1, 0.15) is 0 Å². The Morgan fingerprint density at radius 2 is 1.93 bits per heavy atom. The maximum Gasteiger partial charge on any atom is 0.235 e. The van der Waals surface area contributed by atoms with Crippen molar-refractivity contribution in [3.05, 3.63) is 0 Å². The molecule has 1 heterocycles. The highest BCUT2D eigenvalue weighted by Gasteiger charge is 2.37. The molecule has 0 unspecified atom stereocenters. The van der Waals surface area contributed by atoms with E-state index in [-0.39, 0.29) is 5.75 Å². The van der Waals surface area contributed by atoms with Crippen LogP contribution in [0.25, 0.3) is 0 Å². The van der Waals surface area contributed by atoms with Crippen molar-refractivity contribution in [3.8, 4) is 0 Å². The monoisotopic (exact) mass is 241 g/mol. The van der Waals surface area contributed by atoms with Crippen LogP contribution in [0.2, 0.25) is 0 Å². The van der Waals surface area contributed by atoms with Crippen molar-refractivity contribution in [3.63, 3.8) is 0 Å². The molecule has 0 aromatic heterocycles. The Morgan fingerprint density at radius 1 is 1.43 bits per heavy atom. The molecule has 0 spiro atoms. The normalized spacial score (nSPS) is 23.6. The van der Waals surface area contributed by atoms with Crippen LogP contribution in [0.3, 0.4) is 0 Å². The average molecular weight is 242 g/mol. The van der Waals surface area contributed by atoms with Gasteiger partial charge in [0.2, 0.25) is 9.05 Å². The minimum atomic E-state index is -3.48. The summed E-state index contributed by atoms with van der Waals surface area (Å²) in [7, 11) is 5.32. The van der Waals surface area contributed by atoms with Crippen LogP contribution in [0.15, 0.2) is 0 Å². The van der Waals surface area contributed by atoms with E-state index in [1.54, 1.807) is 7.11 Å². The first-order chi connectivity index (χ1) is 6.37. The predicted octanol–water partition coefficient (Wildman–Crippen LogP) is 0.666. The Kier molecular flexibility index (Phi) is 3.80. The van der Waals surface area contributed by atoms with E-state index in [4.69, 9.17) is 15.4 Å². The van der Waals surface area contributed by atoms with Crippen LogP contribution in [-0.4, -0.2) is 51.9 Å². The summed E-state index contributed by atoms with van der Waals surface area (Å²) in [5.74, 6) is -0.0914. The molecule has 0 N–H and O–H groups in total. The molecule has 0 bridgehead atoms.